The van der Waals surface area contributed by atoms with Crippen LogP contribution in [-0.4, -0.2) is 31.1 Å². The number of methoxy groups -OCH3 is 1. The number of carbonyl (C=O) groups excluding carboxylic acids is 1. The summed E-state index contributed by atoms with van der Waals surface area (Å²) in [6, 6.07) is 10.3. The Hall–Kier alpha value is -1.61. The Labute approximate surface area is 109 Å². The summed E-state index contributed by atoms with van der Waals surface area (Å²) in [6.45, 7) is 6.10. The van der Waals surface area contributed by atoms with Crippen LogP contribution in [0.2, 0.25) is 0 Å². The first kappa shape index (κ1) is 14.5. The molecule has 1 rings (SSSR count). The molecule has 0 unspecified atom stereocenters. The van der Waals surface area contributed by atoms with Crippen LogP contribution in [0.3, 0.4) is 0 Å². The molecule has 0 heterocycles. The number of nitrogens with zero attached hydrogens (tertiary/aromatic N) is 1. The molecule has 0 aliphatic heterocycles. The second-order valence-electron chi connectivity index (χ2n) is 3.96. The minimum absolute atomic E-state index is 0.111. The van der Waals surface area contributed by atoms with E-state index in [2.05, 4.69) is 35.6 Å². The van der Waals surface area contributed by atoms with Gasteiger partial charge >= 0.3 is 5.97 Å². The number of hydrogen-bond acceptors (Lipinski definition) is 3. The van der Waals surface area contributed by atoms with Crippen molar-refractivity contribution in [2.45, 2.75) is 19.9 Å². The van der Waals surface area contributed by atoms with Crippen LogP contribution < -0.4 is 0 Å². The lowest BCUT2D eigenvalue weighted by Gasteiger charge is -2.27. The van der Waals surface area contributed by atoms with Gasteiger partial charge in [-0.1, -0.05) is 50.3 Å². The van der Waals surface area contributed by atoms with Crippen LogP contribution in [0.15, 0.2) is 42.5 Å². The number of ether oxygens (including phenoxy) is 1. The molecule has 1 atom stereocenters. The number of carbonyl (C=O) groups is 1. The van der Waals surface area contributed by atoms with E-state index in [0.29, 0.717) is 0 Å². The summed E-state index contributed by atoms with van der Waals surface area (Å²) in [5.74, 6) is -0.317. The molecule has 3 nitrogen and oxygen atoms in total. The molecule has 0 fully saturated rings. The summed E-state index contributed by atoms with van der Waals surface area (Å²) in [5.41, 5.74) is 1.18. The molecule has 0 aliphatic rings. The fourth-order valence-electron chi connectivity index (χ4n) is 1.95. The lowest BCUT2D eigenvalue weighted by atomic mass is 10.0. The quantitative estimate of drug-likeness (QED) is 0.572. The van der Waals surface area contributed by atoms with Gasteiger partial charge in [0.15, 0.2) is 0 Å². The highest BCUT2D eigenvalue weighted by Gasteiger charge is 2.14. The van der Waals surface area contributed by atoms with Crippen molar-refractivity contribution < 1.29 is 9.53 Å². The number of rotatable bonds is 6. The molecule has 1 aromatic rings. The van der Waals surface area contributed by atoms with Gasteiger partial charge in [-0.15, -0.1) is 0 Å². The molecule has 3 heteroatoms. The second-order valence-corrected chi connectivity index (χ2v) is 3.96. The van der Waals surface area contributed by atoms with Crippen molar-refractivity contribution in [3.63, 3.8) is 0 Å². The van der Waals surface area contributed by atoms with Crippen molar-refractivity contribution in [1.29, 1.82) is 0 Å². The Balaban J connectivity index is 2.95. The van der Waals surface area contributed by atoms with Crippen molar-refractivity contribution >= 4 is 5.97 Å². The van der Waals surface area contributed by atoms with Gasteiger partial charge in [0.2, 0.25) is 0 Å². The highest BCUT2D eigenvalue weighted by atomic mass is 16.5. The summed E-state index contributed by atoms with van der Waals surface area (Å²) >= 11 is 0. The molecular formula is C15H21NO2. The SMILES string of the molecule is CCN(CC)[C@H](/C=C/C(=O)OC)c1ccccc1. The Morgan fingerprint density at radius 2 is 1.89 bits per heavy atom. The van der Waals surface area contributed by atoms with Crippen LogP contribution in [-0.2, 0) is 9.53 Å². The normalized spacial score (nSPS) is 12.9. The Kier molecular flexibility index (Phi) is 6.15. The lowest BCUT2D eigenvalue weighted by molar-refractivity contribution is -0.134. The lowest BCUT2D eigenvalue weighted by Crippen LogP contribution is -2.27. The molecule has 18 heavy (non-hydrogen) atoms. The van der Waals surface area contributed by atoms with Crippen LogP contribution >= 0.6 is 0 Å². The topological polar surface area (TPSA) is 29.5 Å². The van der Waals surface area contributed by atoms with Gasteiger partial charge in [-0.05, 0) is 18.7 Å². The highest BCUT2D eigenvalue weighted by molar-refractivity contribution is 5.81. The Morgan fingerprint density at radius 1 is 1.28 bits per heavy atom. The van der Waals surface area contributed by atoms with E-state index in [1.54, 1.807) is 0 Å². The monoisotopic (exact) mass is 247 g/mol. The third-order valence-corrected chi connectivity index (χ3v) is 2.96. The zero-order chi connectivity index (χ0) is 13.4. The van der Waals surface area contributed by atoms with E-state index < -0.39 is 0 Å². The van der Waals surface area contributed by atoms with E-state index >= 15 is 0 Å². The van der Waals surface area contributed by atoms with Crippen LogP contribution in [0, 0.1) is 0 Å². The van der Waals surface area contributed by atoms with E-state index in [0.717, 1.165) is 13.1 Å². The number of hydrogen-bond donors (Lipinski definition) is 0. The largest absolute Gasteiger partial charge is 0.466 e. The number of benzene rings is 1. The predicted molar refractivity (Wildman–Crippen MR) is 73.3 cm³/mol. The summed E-state index contributed by atoms with van der Waals surface area (Å²) in [5, 5.41) is 0. The maximum atomic E-state index is 11.2. The van der Waals surface area contributed by atoms with Gasteiger partial charge in [0, 0.05) is 6.08 Å². The molecule has 0 spiro atoms. The maximum Gasteiger partial charge on any atom is 0.330 e. The summed E-state index contributed by atoms with van der Waals surface area (Å²) in [7, 11) is 1.39. The van der Waals surface area contributed by atoms with E-state index in [1.165, 1.54) is 18.7 Å². The van der Waals surface area contributed by atoms with Crippen LogP contribution in [0.4, 0.5) is 0 Å². The average Bonchev–Trinajstić information content (AvgIpc) is 2.44. The summed E-state index contributed by atoms with van der Waals surface area (Å²) in [6.07, 6.45) is 3.39. The number of esters is 1. The zero-order valence-corrected chi connectivity index (χ0v) is 11.3. The van der Waals surface area contributed by atoms with Gasteiger partial charge in [-0.25, -0.2) is 4.79 Å². The minimum atomic E-state index is -0.317. The molecule has 0 bridgehead atoms. The van der Waals surface area contributed by atoms with Gasteiger partial charge in [-0.3, -0.25) is 4.90 Å². The van der Waals surface area contributed by atoms with Gasteiger partial charge in [0.05, 0.1) is 13.2 Å². The molecule has 0 aliphatic carbocycles. The van der Waals surface area contributed by atoms with Gasteiger partial charge < -0.3 is 4.74 Å². The predicted octanol–water partition coefficient (Wildman–Crippen LogP) is 2.80. The number of likely N-dealkylation sites (N-methyl/N-ethyl adjacent to an activating group) is 1. The van der Waals surface area contributed by atoms with Gasteiger partial charge in [0.1, 0.15) is 0 Å². The first-order chi connectivity index (χ1) is 8.72. The molecule has 0 amide bonds. The fraction of sp³-hybridized carbons (Fsp3) is 0.400. The minimum Gasteiger partial charge on any atom is -0.466 e. The van der Waals surface area contributed by atoms with Gasteiger partial charge in [0.25, 0.3) is 0 Å². The molecule has 0 aromatic heterocycles. The zero-order valence-electron chi connectivity index (χ0n) is 11.3. The van der Waals surface area contributed by atoms with E-state index in [-0.39, 0.29) is 12.0 Å². The van der Waals surface area contributed by atoms with Crippen LogP contribution in [0.1, 0.15) is 25.5 Å². The van der Waals surface area contributed by atoms with E-state index in [9.17, 15) is 4.79 Å². The first-order valence-corrected chi connectivity index (χ1v) is 6.28. The molecule has 0 radical (unpaired) electrons. The molecule has 0 saturated heterocycles. The van der Waals surface area contributed by atoms with Crippen molar-refractivity contribution in [3.05, 3.63) is 48.0 Å². The van der Waals surface area contributed by atoms with E-state index in [4.69, 9.17) is 0 Å². The Bertz CT molecular complexity index is 383. The third-order valence-electron chi connectivity index (χ3n) is 2.96. The third kappa shape index (κ3) is 4.00. The smallest absolute Gasteiger partial charge is 0.330 e. The standard InChI is InChI=1S/C15H21NO2/c1-4-16(5-2)14(11-12-15(17)18-3)13-9-7-6-8-10-13/h6-12,14H,4-5H2,1-3H3/b12-11+/t14-/m1/s1. The maximum absolute atomic E-state index is 11.2. The molecule has 98 valence electrons. The van der Waals surface area contributed by atoms with Gasteiger partial charge in [-0.2, -0.15) is 0 Å². The highest BCUT2D eigenvalue weighted by Crippen LogP contribution is 2.21. The molecule has 0 N–H and O–H groups in total. The van der Waals surface area contributed by atoms with E-state index in [1.807, 2.05) is 24.3 Å². The second kappa shape index (κ2) is 7.67. The summed E-state index contributed by atoms with van der Waals surface area (Å²) < 4.78 is 4.64. The molecule has 1 aromatic carbocycles. The van der Waals surface area contributed by atoms with Crippen LogP contribution in [0.5, 0.6) is 0 Å². The molecular weight excluding hydrogens is 226 g/mol. The van der Waals surface area contributed by atoms with Crippen molar-refractivity contribution in [2.75, 3.05) is 20.2 Å². The first-order valence-electron chi connectivity index (χ1n) is 6.28. The molecule has 0 saturated carbocycles. The Morgan fingerprint density at radius 3 is 2.39 bits per heavy atom. The average molecular weight is 247 g/mol. The summed E-state index contributed by atoms with van der Waals surface area (Å²) in [4.78, 5) is 13.5. The fourth-order valence-corrected chi connectivity index (χ4v) is 1.95. The van der Waals surface area contributed by atoms with Crippen molar-refractivity contribution in [2.24, 2.45) is 0 Å². The van der Waals surface area contributed by atoms with Crippen molar-refractivity contribution in [3.8, 4) is 0 Å². The van der Waals surface area contributed by atoms with Crippen LogP contribution in [0.25, 0.3) is 0 Å². The van der Waals surface area contributed by atoms with Crippen molar-refractivity contribution in [1.82, 2.24) is 4.90 Å².